The van der Waals surface area contributed by atoms with Crippen LogP contribution in [0.5, 0.6) is 5.75 Å². The minimum absolute atomic E-state index is 0.288. The highest BCUT2D eigenvalue weighted by molar-refractivity contribution is 5.87. The lowest BCUT2D eigenvalue weighted by Gasteiger charge is -2.05. The van der Waals surface area contributed by atoms with Gasteiger partial charge in [-0.25, -0.2) is 4.79 Å². The highest BCUT2D eigenvalue weighted by Gasteiger charge is 2.01. The molecule has 0 saturated heterocycles. The SMILES string of the molecule is CCCCCC=CCCCCOc1ccc(C(=O)O)cc1. The van der Waals surface area contributed by atoms with Crippen LogP contribution in [0.4, 0.5) is 0 Å². The van der Waals surface area contributed by atoms with Gasteiger partial charge in [-0.2, -0.15) is 0 Å². The molecular formula is C18H26O3. The average molecular weight is 290 g/mol. The van der Waals surface area contributed by atoms with Crippen LogP contribution >= 0.6 is 0 Å². The van der Waals surface area contributed by atoms with Gasteiger partial charge >= 0.3 is 5.97 Å². The topological polar surface area (TPSA) is 46.5 Å². The average Bonchev–Trinajstić information content (AvgIpc) is 2.49. The first-order valence-electron chi connectivity index (χ1n) is 7.85. The van der Waals surface area contributed by atoms with E-state index in [2.05, 4.69) is 19.1 Å². The molecule has 21 heavy (non-hydrogen) atoms. The molecule has 0 spiro atoms. The summed E-state index contributed by atoms with van der Waals surface area (Å²) in [5, 5.41) is 8.79. The monoisotopic (exact) mass is 290 g/mol. The minimum Gasteiger partial charge on any atom is -0.494 e. The number of hydrogen-bond acceptors (Lipinski definition) is 2. The number of unbranched alkanes of at least 4 members (excludes halogenated alkanes) is 5. The summed E-state index contributed by atoms with van der Waals surface area (Å²) in [6.45, 7) is 2.90. The molecule has 0 saturated carbocycles. The van der Waals surface area contributed by atoms with Crippen molar-refractivity contribution in [1.29, 1.82) is 0 Å². The molecule has 0 aromatic heterocycles. The normalized spacial score (nSPS) is 10.9. The van der Waals surface area contributed by atoms with Crippen molar-refractivity contribution in [2.45, 2.75) is 51.9 Å². The molecule has 0 heterocycles. The third-order valence-electron chi connectivity index (χ3n) is 3.28. The van der Waals surface area contributed by atoms with Gasteiger partial charge < -0.3 is 9.84 Å². The molecule has 0 bridgehead atoms. The second kappa shape index (κ2) is 11.0. The number of benzene rings is 1. The molecule has 1 aromatic carbocycles. The van der Waals surface area contributed by atoms with Crippen molar-refractivity contribution in [1.82, 2.24) is 0 Å². The van der Waals surface area contributed by atoms with Gasteiger partial charge in [-0.05, 0) is 56.4 Å². The van der Waals surface area contributed by atoms with Gasteiger partial charge in [0.25, 0.3) is 0 Å². The Morgan fingerprint density at radius 2 is 1.67 bits per heavy atom. The zero-order chi connectivity index (χ0) is 15.3. The molecule has 3 nitrogen and oxygen atoms in total. The van der Waals surface area contributed by atoms with Crippen molar-refractivity contribution in [3.63, 3.8) is 0 Å². The first-order chi connectivity index (χ1) is 10.2. The number of aromatic carboxylic acids is 1. The lowest BCUT2D eigenvalue weighted by molar-refractivity contribution is 0.0697. The van der Waals surface area contributed by atoms with E-state index in [0.29, 0.717) is 6.61 Å². The number of carbonyl (C=O) groups is 1. The fourth-order valence-electron chi connectivity index (χ4n) is 2.00. The first-order valence-corrected chi connectivity index (χ1v) is 7.85. The third-order valence-corrected chi connectivity index (χ3v) is 3.28. The molecule has 3 heteroatoms. The van der Waals surface area contributed by atoms with Crippen LogP contribution in [0.2, 0.25) is 0 Å². The summed E-state index contributed by atoms with van der Waals surface area (Å²) in [6.07, 6.45) is 12.9. The van der Waals surface area contributed by atoms with Crippen molar-refractivity contribution in [3.8, 4) is 5.75 Å². The molecule has 0 atom stereocenters. The third kappa shape index (κ3) is 8.18. The number of ether oxygens (including phenoxy) is 1. The standard InChI is InChI=1S/C18H26O3/c1-2-3-4-5-6-7-8-9-10-15-21-17-13-11-16(12-14-17)18(19)20/h6-7,11-14H,2-5,8-10,15H2,1H3,(H,19,20). The zero-order valence-electron chi connectivity index (χ0n) is 12.9. The van der Waals surface area contributed by atoms with Gasteiger partial charge in [-0.3, -0.25) is 0 Å². The molecule has 0 aliphatic rings. The zero-order valence-corrected chi connectivity index (χ0v) is 12.9. The summed E-state index contributed by atoms with van der Waals surface area (Å²) in [5.41, 5.74) is 0.288. The molecule has 0 fully saturated rings. The summed E-state index contributed by atoms with van der Waals surface area (Å²) >= 11 is 0. The van der Waals surface area contributed by atoms with Crippen molar-refractivity contribution >= 4 is 5.97 Å². The minimum atomic E-state index is -0.910. The Kier molecular flexibility index (Phi) is 9.01. The van der Waals surface area contributed by atoms with Crippen LogP contribution in [0.3, 0.4) is 0 Å². The quantitative estimate of drug-likeness (QED) is 0.457. The largest absolute Gasteiger partial charge is 0.494 e. The van der Waals surface area contributed by atoms with Crippen LogP contribution in [0.15, 0.2) is 36.4 Å². The highest BCUT2D eigenvalue weighted by atomic mass is 16.5. The van der Waals surface area contributed by atoms with E-state index in [1.54, 1.807) is 24.3 Å². The number of rotatable bonds is 11. The van der Waals surface area contributed by atoms with E-state index in [9.17, 15) is 4.79 Å². The van der Waals surface area contributed by atoms with Crippen LogP contribution in [0.25, 0.3) is 0 Å². The molecule has 0 amide bonds. The van der Waals surface area contributed by atoms with Gasteiger partial charge in [0.1, 0.15) is 5.75 Å². The number of allylic oxidation sites excluding steroid dienone is 2. The summed E-state index contributed by atoms with van der Waals surface area (Å²) in [5.74, 6) is -0.178. The van der Waals surface area contributed by atoms with E-state index < -0.39 is 5.97 Å². The maximum atomic E-state index is 10.7. The van der Waals surface area contributed by atoms with E-state index in [1.165, 1.54) is 25.7 Å². The molecule has 1 rings (SSSR count). The lowest BCUT2D eigenvalue weighted by Crippen LogP contribution is -1.99. The van der Waals surface area contributed by atoms with Crippen LogP contribution in [0.1, 0.15) is 62.2 Å². The van der Waals surface area contributed by atoms with Crippen molar-refractivity contribution < 1.29 is 14.6 Å². The van der Waals surface area contributed by atoms with Gasteiger partial charge in [0.15, 0.2) is 0 Å². The molecule has 0 radical (unpaired) electrons. The fourth-order valence-corrected chi connectivity index (χ4v) is 2.00. The molecule has 0 unspecified atom stereocenters. The number of carboxylic acid groups (broad SMARTS) is 1. The Morgan fingerprint density at radius 1 is 1.05 bits per heavy atom. The molecule has 0 aliphatic heterocycles. The summed E-state index contributed by atoms with van der Waals surface area (Å²) in [4.78, 5) is 10.7. The van der Waals surface area contributed by atoms with Gasteiger partial charge in [0.05, 0.1) is 12.2 Å². The predicted molar refractivity (Wildman–Crippen MR) is 86.0 cm³/mol. The highest BCUT2D eigenvalue weighted by Crippen LogP contribution is 2.13. The maximum absolute atomic E-state index is 10.7. The molecule has 0 aliphatic carbocycles. The Hall–Kier alpha value is -1.77. The smallest absolute Gasteiger partial charge is 0.335 e. The Labute approximate surface area is 127 Å². The van der Waals surface area contributed by atoms with Crippen LogP contribution in [-0.4, -0.2) is 17.7 Å². The van der Waals surface area contributed by atoms with E-state index in [4.69, 9.17) is 9.84 Å². The van der Waals surface area contributed by atoms with E-state index in [0.717, 1.165) is 25.0 Å². The van der Waals surface area contributed by atoms with Crippen LogP contribution in [0, 0.1) is 0 Å². The fraction of sp³-hybridized carbons (Fsp3) is 0.500. The van der Waals surface area contributed by atoms with E-state index >= 15 is 0 Å². The predicted octanol–water partition coefficient (Wildman–Crippen LogP) is 5.07. The van der Waals surface area contributed by atoms with Gasteiger partial charge in [-0.15, -0.1) is 0 Å². The Bertz CT molecular complexity index is 421. The van der Waals surface area contributed by atoms with Crippen LogP contribution in [-0.2, 0) is 0 Å². The van der Waals surface area contributed by atoms with E-state index in [-0.39, 0.29) is 5.56 Å². The maximum Gasteiger partial charge on any atom is 0.335 e. The summed E-state index contributed by atoms with van der Waals surface area (Å²) < 4.78 is 5.58. The first kappa shape index (κ1) is 17.3. The van der Waals surface area contributed by atoms with Gasteiger partial charge in [0.2, 0.25) is 0 Å². The van der Waals surface area contributed by atoms with Crippen molar-refractivity contribution in [2.24, 2.45) is 0 Å². The van der Waals surface area contributed by atoms with Crippen molar-refractivity contribution in [2.75, 3.05) is 6.61 Å². The second-order valence-corrected chi connectivity index (χ2v) is 5.14. The van der Waals surface area contributed by atoms with Gasteiger partial charge in [0, 0.05) is 0 Å². The second-order valence-electron chi connectivity index (χ2n) is 5.14. The Balaban J connectivity index is 2.05. The Morgan fingerprint density at radius 3 is 2.24 bits per heavy atom. The number of carboxylic acids is 1. The van der Waals surface area contributed by atoms with Crippen molar-refractivity contribution in [3.05, 3.63) is 42.0 Å². The molecule has 116 valence electrons. The van der Waals surface area contributed by atoms with Crippen LogP contribution < -0.4 is 4.74 Å². The summed E-state index contributed by atoms with van der Waals surface area (Å²) in [7, 11) is 0. The summed E-state index contributed by atoms with van der Waals surface area (Å²) in [6, 6.07) is 6.54. The number of hydrogen-bond donors (Lipinski definition) is 1. The molecule has 1 N–H and O–H groups in total. The molecule has 1 aromatic rings. The van der Waals surface area contributed by atoms with E-state index in [1.807, 2.05) is 0 Å². The molecular weight excluding hydrogens is 264 g/mol. The lowest BCUT2D eigenvalue weighted by atomic mass is 10.1. The van der Waals surface area contributed by atoms with Gasteiger partial charge in [-0.1, -0.05) is 31.9 Å².